The molecule has 8 aromatic rings. The minimum Gasteiger partial charge on any atom is -0.495 e. The summed E-state index contributed by atoms with van der Waals surface area (Å²) in [6.07, 6.45) is 10.4. The quantitative estimate of drug-likeness (QED) is 0.0474. The number of rotatable bonds is 12. The average molecular weight is 925 g/mol. The van der Waals surface area contributed by atoms with E-state index in [-0.39, 0.29) is 42.3 Å². The number of halogens is 2. The molecule has 4 aromatic carbocycles. The van der Waals surface area contributed by atoms with Gasteiger partial charge in [0.15, 0.2) is 5.78 Å². The summed E-state index contributed by atoms with van der Waals surface area (Å²) in [5.41, 5.74) is 5.89. The second kappa shape index (κ2) is 22.8. The molecule has 2 atom stereocenters. The highest BCUT2D eigenvalue weighted by Gasteiger charge is 2.21. The number of nitrogens with zero attached hydrogens (tertiary/aromatic N) is 7. The average Bonchev–Trinajstić information content (AvgIpc) is 4.00. The van der Waals surface area contributed by atoms with Gasteiger partial charge in [0, 0.05) is 35.9 Å². The summed E-state index contributed by atoms with van der Waals surface area (Å²) < 4.78 is 44.4. The van der Waals surface area contributed by atoms with Crippen molar-refractivity contribution in [3.63, 3.8) is 0 Å². The lowest BCUT2D eigenvalue weighted by Crippen LogP contribution is -2.29. The van der Waals surface area contributed by atoms with Gasteiger partial charge in [0.25, 0.3) is 11.1 Å². The molecule has 15 nitrogen and oxygen atoms in total. The molecule has 4 heterocycles. The molecule has 0 saturated carbocycles. The lowest BCUT2D eigenvalue weighted by molar-refractivity contribution is 0.103. The summed E-state index contributed by atoms with van der Waals surface area (Å²) in [7, 11) is 3.10. The number of ketones is 1. The third-order valence-electron chi connectivity index (χ3n) is 11.0. The van der Waals surface area contributed by atoms with E-state index >= 15 is 0 Å². The Kier molecular flexibility index (Phi) is 17.0. The van der Waals surface area contributed by atoms with Crippen molar-refractivity contribution in [2.75, 3.05) is 14.2 Å². The van der Waals surface area contributed by atoms with E-state index in [0.717, 1.165) is 33.9 Å². The molecular formula is C51H54F2N10O5. The van der Waals surface area contributed by atoms with E-state index in [9.17, 15) is 23.2 Å². The Morgan fingerprint density at radius 1 is 0.632 bits per heavy atom. The number of aromatic nitrogens is 6. The van der Waals surface area contributed by atoms with Gasteiger partial charge in [-0.3, -0.25) is 26.1 Å². The first-order chi connectivity index (χ1) is 32.3. The highest BCUT2D eigenvalue weighted by Crippen LogP contribution is 2.28. The van der Waals surface area contributed by atoms with Crippen molar-refractivity contribution in [1.82, 2.24) is 28.2 Å². The molecule has 0 spiro atoms. The molecule has 0 aliphatic heterocycles. The zero-order valence-electron chi connectivity index (χ0n) is 37.7. The van der Waals surface area contributed by atoms with Crippen LogP contribution in [0.15, 0.2) is 161 Å². The first-order valence-corrected chi connectivity index (χ1v) is 20.8. The third-order valence-corrected chi connectivity index (χ3v) is 11.0. The van der Waals surface area contributed by atoms with E-state index < -0.39 is 11.3 Å². The van der Waals surface area contributed by atoms with Gasteiger partial charge in [-0.25, -0.2) is 18.7 Å². The van der Waals surface area contributed by atoms with Crippen LogP contribution in [0.5, 0.6) is 11.5 Å². The topological polar surface area (TPSA) is 206 Å². The fourth-order valence-corrected chi connectivity index (χ4v) is 7.42. The van der Waals surface area contributed by atoms with Crippen molar-refractivity contribution < 1.29 is 23.0 Å². The van der Waals surface area contributed by atoms with Gasteiger partial charge in [-0.05, 0) is 118 Å². The Balaban J connectivity index is 0.000000242. The maximum atomic E-state index is 13.4. The van der Waals surface area contributed by atoms with E-state index in [1.165, 1.54) is 42.0 Å². The maximum absolute atomic E-state index is 13.4. The minimum absolute atomic E-state index is 0. The number of hydrazine groups is 1. The van der Waals surface area contributed by atoms with Crippen LogP contribution in [0.25, 0.3) is 11.4 Å². The van der Waals surface area contributed by atoms with Gasteiger partial charge in [0.1, 0.15) is 28.8 Å². The second-order valence-electron chi connectivity index (χ2n) is 15.1. The molecule has 2 unspecified atom stereocenters. The van der Waals surface area contributed by atoms with Crippen LogP contribution in [-0.4, -0.2) is 54.0 Å². The number of nitrogens with two attached hydrogens (primary N) is 3. The number of hydrazone groups is 1. The molecule has 68 heavy (non-hydrogen) atoms. The Morgan fingerprint density at radius 3 is 1.46 bits per heavy atom. The molecule has 6 N–H and O–H groups in total. The molecule has 17 heteroatoms. The molecule has 0 amide bonds. The van der Waals surface area contributed by atoms with E-state index in [1.807, 2.05) is 61.4 Å². The highest BCUT2D eigenvalue weighted by atomic mass is 19.1. The van der Waals surface area contributed by atoms with Gasteiger partial charge in [-0.15, -0.1) is 0 Å². The van der Waals surface area contributed by atoms with Gasteiger partial charge in [0.2, 0.25) is 0 Å². The van der Waals surface area contributed by atoms with Crippen LogP contribution in [0.3, 0.4) is 0 Å². The smallest absolute Gasteiger partial charge is 0.262 e. The van der Waals surface area contributed by atoms with Crippen LogP contribution < -0.4 is 38.1 Å². The molecule has 0 aliphatic carbocycles. The fraction of sp³-hybridized carbons (Fsp3) is 0.176. The molecule has 352 valence electrons. The van der Waals surface area contributed by atoms with Crippen LogP contribution in [0, 0.1) is 25.5 Å². The minimum atomic E-state index is -0.414. The number of ether oxygens (including phenoxy) is 2. The Bertz CT molecular complexity index is 3140. The van der Waals surface area contributed by atoms with Gasteiger partial charge in [-0.2, -0.15) is 5.10 Å². The van der Waals surface area contributed by atoms with Crippen LogP contribution in [0.2, 0.25) is 0 Å². The zero-order chi connectivity index (χ0) is 48.4. The van der Waals surface area contributed by atoms with Crippen molar-refractivity contribution in [2.45, 2.75) is 47.2 Å². The summed E-state index contributed by atoms with van der Waals surface area (Å²) in [6, 6.07) is 28.5. The largest absolute Gasteiger partial charge is 0.495 e. The van der Waals surface area contributed by atoms with E-state index in [4.69, 9.17) is 15.3 Å². The Morgan fingerprint density at radius 2 is 1.04 bits per heavy atom. The molecular weight excluding hydrogens is 871 g/mol. The predicted molar refractivity (Wildman–Crippen MR) is 260 cm³/mol. The summed E-state index contributed by atoms with van der Waals surface area (Å²) in [4.78, 5) is 48.2. The number of hydrogen-bond donors (Lipinski definition) is 3. The monoisotopic (exact) mass is 924 g/mol. The van der Waals surface area contributed by atoms with Crippen LogP contribution in [0.1, 0.15) is 82.9 Å². The molecule has 8 rings (SSSR count). The van der Waals surface area contributed by atoms with Gasteiger partial charge >= 0.3 is 0 Å². The normalized spacial score (nSPS) is 11.8. The zero-order valence-corrected chi connectivity index (χ0v) is 37.7. The summed E-state index contributed by atoms with van der Waals surface area (Å²) in [5.74, 6) is 13.7. The number of imidazole rings is 2. The van der Waals surface area contributed by atoms with Gasteiger partial charge in [0.05, 0.1) is 72.8 Å². The fourth-order valence-electron chi connectivity index (χ4n) is 7.42. The number of carbonyl (C=O) groups is 1. The van der Waals surface area contributed by atoms with Crippen LogP contribution >= 0.6 is 0 Å². The molecule has 0 saturated heterocycles. The first kappa shape index (κ1) is 50.7. The number of carbonyl (C=O) groups excluding carboxylic acids is 1. The number of aryl methyl sites for hydroxylation is 2. The Labute approximate surface area is 392 Å². The third kappa shape index (κ3) is 11.0. The predicted octanol–water partition coefficient (Wildman–Crippen LogP) is 7.60. The highest BCUT2D eigenvalue weighted by molar-refractivity contribution is 6.13. The van der Waals surface area contributed by atoms with Crippen LogP contribution in [-0.2, 0) is 0 Å². The van der Waals surface area contributed by atoms with E-state index in [2.05, 4.69) is 26.8 Å². The van der Waals surface area contributed by atoms with E-state index in [0.29, 0.717) is 33.9 Å². The lowest BCUT2D eigenvalue weighted by atomic mass is 10.0. The number of methoxy groups -OCH3 is 2. The number of hydrogen-bond acceptors (Lipinski definition) is 11. The van der Waals surface area contributed by atoms with Crippen molar-refractivity contribution in [3.05, 3.63) is 224 Å². The second-order valence-corrected chi connectivity index (χ2v) is 15.1. The SMILES string of the molecule is C.COc1cc(C(=NN)c2cccn(C(C)c3ccc(F)cc3)c2=O)ccc1-n1cnc(C)c1.COc1cc(C(=O)c2cccn(C(C)c3ccc(F)cc3)c2=O)ccc1-n1cnc(C)c1.NN. The van der Waals surface area contributed by atoms with Gasteiger partial charge < -0.3 is 33.6 Å². The summed E-state index contributed by atoms with van der Waals surface area (Å²) in [5, 5.41) is 3.94. The standard InChI is InChI=1S/C25H24FN5O2.C25H22FN3O3.CH4.H4N2/c1-16-14-30(15-28-16)22-11-8-19(13-23(22)33-3)24(29-27)21-5-4-12-31(25(21)32)17(2)18-6-9-20(26)10-7-18;1-16-14-28(15-27-16)22-11-8-19(13-23(22)32-3)24(30)21-5-4-12-29(25(21)31)17(2)18-6-9-20(26)10-7-18;;1-2/h4-15,17H,27H2,1-3H3;4-15,17H,1-3H3;1H4;1-2H2. The molecule has 4 aromatic heterocycles. The summed E-state index contributed by atoms with van der Waals surface area (Å²) in [6.45, 7) is 7.49. The van der Waals surface area contributed by atoms with Gasteiger partial charge in [-0.1, -0.05) is 37.8 Å². The molecule has 0 bridgehead atoms. The van der Waals surface area contributed by atoms with Crippen LogP contribution in [0.4, 0.5) is 8.78 Å². The van der Waals surface area contributed by atoms with Crippen molar-refractivity contribution in [2.24, 2.45) is 22.6 Å². The van der Waals surface area contributed by atoms with Crippen molar-refractivity contribution in [3.8, 4) is 22.9 Å². The molecule has 0 aliphatic rings. The number of pyridine rings is 2. The molecule has 0 radical (unpaired) electrons. The lowest BCUT2D eigenvalue weighted by Gasteiger charge is -2.17. The maximum Gasteiger partial charge on any atom is 0.262 e. The van der Waals surface area contributed by atoms with Crippen molar-refractivity contribution in [1.29, 1.82) is 0 Å². The van der Waals surface area contributed by atoms with Crippen molar-refractivity contribution >= 4 is 11.5 Å². The van der Waals surface area contributed by atoms with E-state index in [1.54, 1.807) is 103 Å². The summed E-state index contributed by atoms with van der Waals surface area (Å²) >= 11 is 0. The first-order valence-electron chi connectivity index (χ1n) is 20.8. The molecule has 0 fully saturated rings. The Hall–Kier alpha value is -8.28. The number of benzene rings is 4.